The van der Waals surface area contributed by atoms with Crippen molar-refractivity contribution >= 4 is 5.69 Å². The number of aromatic nitrogens is 2. The van der Waals surface area contributed by atoms with Crippen LogP contribution in [-0.2, 0) is 16.2 Å². The van der Waals surface area contributed by atoms with E-state index in [1.54, 1.807) is 17.1 Å². The molecule has 1 fully saturated rings. The molecule has 0 radical (unpaired) electrons. The van der Waals surface area contributed by atoms with Gasteiger partial charge in [-0.2, -0.15) is 5.10 Å². The van der Waals surface area contributed by atoms with E-state index >= 15 is 0 Å². The van der Waals surface area contributed by atoms with Crippen molar-refractivity contribution in [3.8, 4) is 0 Å². The summed E-state index contributed by atoms with van der Waals surface area (Å²) in [6.07, 6.45) is 5.62. The molecule has 5 heteroatoms. The van der Waals surface area contributed by atoms with Gasteiger partial charge in [-0.15, -0.1) is 0 Å². The van der Waals surface area contributed by atoms with Crippen LogP contribution < -0.4 is 5.73 Å². The van der Waals surface area contributed by atoms with E-state index in [1.165, 1.54) is 0 Å². The first-order valence-electron chi connectivity index (χ1n) is 4.82. The standard InChI is InChI=1S/C9H15N3O2/c10-8-5-11-12(6-8)7-14-9-1-3-13-4-2-9/h5-6,9H,1-4,7,10H2. The van der Waals surface area contributed by atoms with Gasteiger partial charge in [-0.25, -0.2) is 4.68 Å². The third-order valence-electron chi connectivity index (χ3n) is 2.26. The van der Waals surface area contributed by atoms with Crippen molar-refractivity contribution in [2.24, 2.45) is 0 Å². The minimum absolute atomic E-state index is 0.300. The Labute approximate surface area is 82.8 Å². The van der Waals surface area contributed by atoms with Crippen molar-refractivity contribution in [2.45, 2.75) is 25.7 Å². The number of rotatable bonds is 3. The average Bonchev–Trinajstić information content (AvgIpc) is 2.63. The maximum absolute atomic E-state index is 5.65. The minimum atomic E-state index is 0.300. The summed E-state index contributed by atoms with van der Waals surface area (Å²) in [6.45, 7) is 2.07. The van der Waals surface area contributed by atoms with Crippen LogP contribution in [0.3, 0.4) is 0 Å². The van der Waals surface area contributed by atoms with E-state index in [-0.39, 0.29) is 0 Å². The fourth-order valence-corrected chi connectivity index (χ4v) is 1.47. The summed E-state index contributed by atoms with van der Waals surface area (Å²) in [5.74, 6) is 0. The third-order valence-corrected chi connectivity index (χ3v) is 2.26. The topological polar surface area (TPSA) is 62.3 Å². The predicted octanol–water partition coefficient (Wildman–Crippen LogP) is 0.618. The van der Waals surface area contributed by atoms with Gasteiger partial charge in [0.25, 0.3) is 0 Å². The summed E-state index contributed by atoms with van der Waals surface area (Å²) in [6, 6.07) is 0. The van der Waals surface area contributed by atoms with E-state index in [0.717, 1.165) is 26.1 Å². The van der Waals surface area contributed by atoms with Crippen LogP contribution in [0.1, 0.15) is 12.8 Å². The summed E-state index contributed by atoms with van der Waals surface area (Å²) in [5, 5.41) is 4.04. The highest BCUT2D eigenvalue weighted by molar-refractivity contribution is 5.30. The molecule has 0 unspecified atom stereocenters. The first-order chi connectivity index (χ1) is 6.84. The molecule has 1 aliphatic heterocycles. The second kappa shape index (κ2) is 4.43. The van der Waals surface area contributed by atoms with Crippen molar-refractivity contribution in [2.75, 3.05) is 18.9 Å². The Morgan fingerprint density at radius 2 is 2.36 bits per heavy atom. The van der Waals surface area contributed by atoms with Crippen LogP contribution in [0, 0.1) is 0 Å². The van der Waals surface area contributed by atoms with Gasteiger partial charge >= 0.3 is 0 Å². The van der Waals surface area contributed by atoms with E-state index in [2.05, 4.69) is 5.10 Å². The SMILES string of the molecule is Nc1cnn(COC2CCOCC2)c1. The molecular weight excluding hydrogens is 182 g/mol. The Morgan fingerprint density at radius 3 is 3.00 bits per heavy atom. The van der Waals surface area contributed by atoms with Gasteiger partial charge in [0.15, 0.2) is 0 Å². The van der Waals surface area contributed by atoms with Crippen LogP contribution in [0.25, 0.3) is 0 Å². The number of nitrogens with two attached hydrogens (primary N) is 1. The lowest BCUT2D eigenvalue weighted by Crippen LogP contribution is -2.24. The maximum Gasteiger partial charge on any atom is 0.139 e. The summed E-state index contributed by atoms with van der Waals surface area (Å²) < 4.78 is 12.6. The molecule has 0 spiro atoms. The van der Waals surface area contributed by atoms with Crippen molar-refractivity contribution in [3.05, 3.63) is 12.4 Å². The fraction of sp³-hybridized carbons (Fsp3) is 0.667. The Kier molecular flexibility index (Phi) is 3.00. The number of hydrogen-bond donors (Lipinski definition) is 1. The molecule has 2 N–H and O–H groups in total. The quantitative estimate of drug-likeness (QED) is 0.771. The molecule has 1 aromatic heterocycles. The highest BCUT2D eigenvalue weighted by Gasteiger charge is 2.13. The summed E-state index contributed by atoms with van der Waals surface area (Å²) in [7, 11) is 0. The second-order valence-electron chi connectivity index (χ2n) is 3.42. The lowest BCUT2D eigenvalue weighted by Gasteiger charge is -2.22. The van der Waals surface area contributed by atoms with Gasteiger partial charge in [0.05, 0.1) is 24.2 Å². The number of hydrogen-bond acceptors (Lipinski definition) is 4. The molecule has 0 atom stereocenters. The summed E-state index contributed by atoms with van der Waals surface area (Å²) >= 11 is 0. The molecular formula is C9H15N3O2. The molecule has 5 nitrogen and oxygen atoms in total. The molecule has 1 saturated heterocycles. The van der Waals surface area contributed by atoms with Gasteiger partial charge in [-0.05, 0) is 12.8 Å². The molecule has 2 heterocycles. The van der Waals surface area contributed by atoms with Gasteiger partial charge in [-0.1, -0.05) is 0 Å². The summed E-state index contributed by atoms with van der Waals surface area (Å²) in [4.78, 5) is 0. The van der Waals surface area contributed by atoms with Gasteiger partial charge in [0.1, 0.15) is 6.73 Å². The first kappa shape index (κ1) is 9.48. The number of nitrogens with zero attached hydrogens (tertiary/aromatic N) is 2. The number of anilines is 1. The van der Waals surface area contributed by atoms with Crippen LogP contribution in [0.15, 0.2) is 12.4 Å². The van der Waals surface area contributed by atoms with E-state index in [0.29, 0.717) is 18.5 Å². The molecule has 0 saturated carbocycles. The number of nitrogen functional groups attached to an aromatic ring is 1. The van der Waals surface area contributed by atoms with Crippen molar-refractivity contribution in [3.63, 3.8) is 0 Å². The van der Waals surface area contributed by atoms with Crippen LogP contribution in [0.2, 0.25) is 0 Å². The van der Waals surface area contributed by atoms with Gasteiger partial charge < -0.3 is 15.2 Å². The summed E-state index contributed by atoms with van der Waals surface area (Å²) in [5.41, 5.74) is 6.20. The Morgan fingerprint density at radius 1 is 1.57 bits per heavy atom. The third kappa shape index (κ3) is 2.46. The molecule has 0 aromatic carbocycles. The maximum atomic E-state index is 5.65. The van der Waals surface area contributed by atoms with Crippen molar-refractivity contribution in [1.82, 2.24) is 9.78 Å². The Hall–Kier alpha value is -1.07. The van der Waals surface area contributed by atoms with Crippen LogP contribution in [-0.4, -0.2) is 29.1 Å². The van der Waals surface area contributed by atoms with Crippen molar-refractivity contribution < 1.29 is 9.47 Å². The van der Waals surface area contributed by atoms with E-state index in [4.69, 9.17) is 15.2 Å². The minimum Gasteiger partial charge on any atom is -0.396 e. The van der Waals surface area contributed by atoms with Crippen LogP contribution in [0.4, 0.5) is 5.69 Å². The molecule has 0 amide bonds. The molecule has 14 heavy (non-hydrogen) atoms. The van der Waals surface area contributed by atoms with E-state index in [9.17, 15) is 0 Å². The molecule has 1 aliphatic rings. The highest BCUT2D eigenvalue weighted by Crippen LogP contribution is 2.11. The smallest absolute Gasteiger partial charge is 0.139 e. The monoisotopic (exact) mass is 197 g/mol. The van der Waals surface area contributed by atoms with Gasteiger partial charge in [-0.3, -0.25) is 0 Å². The van der Waals surface area contributed by atoms with E-state index in [1.807, 2.05) is 0 Å². The first-order valence-corrected chi connectivity index (χ1v) is 4.82. The van der Waals surface area contributed by atoms with Gasteiger partial charge in [0.2, 0.25) is 0 Å². The molecule has 78 valence electrons. The fourth-order valence-electron chi connectivity index (χ4n) is 1.47. The zero-order chi connectivity index (χ0) is 9.80. The lowest BCUT2D eigenvalue weighted by atomic mass is 10.2. The largest absolute Gasteiger partial charge is 0.396 e. The zero-order valence-electron chi connectivity index (χ0n) is 8.06. The normalized spacial score (nSPS) is 18.6. The van der Waals surface area contributed by atoms with E-state index < -0.39 is 0 Å². The lowest BCUT2D eigenvalue weighted by molar-refractivity contribution is -0.0599. The molecule has 2 rings (SSSR count). The molecule has 1 aromatic rings. The zero-order valence-corrected chi connectivity index (χ0v) is 8.06. The Balaban J connectivity index is 1.76. The molecule has 0 bridgehead atoms. The second-order valence-corrected chi connectivity index (χ2v) is 3.42. The number of ether oxygens (including phenoxy) is 2. The Bertz CT molecular complexity index is 281. The predicted molar refractivity (Wildman–Crippen MR) is 51.6 cm³/mol. The highest BCUT2D eigenvalue weighted by atomic mass is 16.5. The van der Waals surface area contributed by atoms with Crippen molar-refractivity contribution in [1.29, 1.82) is 0 Å². The van der Waals surface area contributed by atoms with Crippen LogP contribution >= 0.6 is 0 Å². The van der Waals surface area contributed by atoms with Crippen LogP contribution in [0.5, 0.6) is 0 Å². The average molecular weight is 197 g/mol. The van der Waals surface area contributed by atoms with Gasteiger partial charge in [0, 0.05) is 13.2 Å². The molecule has 0 aliphatic carbocycles.